The first kappa shape index (κ1) is 15.2. The van der Waals surface area contributed by atoms with Crippen molar-refractivity contribution in [1.29, 1.82) is 0 Å². The largest absolute Gasteiger partial charge is 0.359 e. The summed E-state index contributed by atoms with van der Waals surface area (Å²) in [7, 11) is -3.82. The third kappa shape index (κ3) is 2.25. The Balaban J connectivity index is 1.67. The second-order valence-corrected chi connectivity index (χ2v) is 7.94. The number of sulfonamides is 1. The van der Waals surface area contributed by atoms with Gasteiger partial charge in [0.25, 0.3) is 10.0 Å². The van der Waals surface area contributed by atoms with E-state index < -0.39 is 10.0 Å². The quantitative estimate of drug-likeness (QED) is 0.498. The average molecular weight is 381 g/mol. The molecule has 128 valence electrons. The van der Waals surface area contributed by atoms with Crippen molar-refractivity contribution in [2.75, 3.05) is 4.72 Å². The summed E-state index contributed by atoms with van der Waals surface area (Å²) in [5, 5.41) is 1.53. The topological polar surface area (TPSA) is 101 Å². The number of fused-ring (bicyclic) bond motifs is 4. The number of anilines is 1. The molecule has 5 rings (SSSR count). The van der Waals surface area contributed by atoms with E-state index in [1.165, 1.54) is 6.20 Å². The molecule has 0 atom stereocenters. The smallest absolute Gasteiger partial charge is 0.264 e. The monoisotopic (exact) mass is 381 g/mol. The molecule has 3 heterocycles. The predicted molar refractivity (Wildman–Crippen MR) is 102 cm³/mol. The number of pyridine rings is 1. The van der Waals surface area contributed by atoms with E-state index in [1.807, 2.05) is 18.2 Å². The summed E-state index contributed by atoms with van der Waals surface area (Å²) in [5.74, 6) is 0. The molecule has 2 aromatic carbocycles. The first-order chi connectivity index (χ1) is 12.6. The van der Waals surface area contributed by atoms with Crippen molar-refractivity contribution in [1.82, 2.24) is 18.7 Å². The third-order valence-corrected chi connectivity index (χ3v) is 6.14. The van der Waals surface area contributed by atoms with Gasteiger partial charge in [-0.2, -0.15) is 8.75 Å². The maximum atomic E-state index is 13.0. The van der Waals surface area contributed by atoms with Crippen molar-refractivity contribution >= 4 is 60.3 Å². The molecule has 9 heteroatoms. The van der Waals surface area contributed by atoms with E-state index >= 15 is 0 Å². The van der Waals surface area contributed by atoms with Crippen LogP contribution < -0.4 is 4.72 Å². The molecule has 0 saturated heterocycles. The molecule has 0 aliphatic carbocycles. The SMILES string of the molecule is O=S(=O)(Nc1cccc2nsnc12)c1cnc2c1ccc1ccc[nH]c12. The van der Waals surface area contributed by atoms with Crippen LogP contribution in [0.3, 0.4) is 0 Å². The average Bonchev–Trinajstić information content (AvgIpc) is 3.29. The molecule has 0 radical (unpaired) electrons. The lowest BCUT2D eigenvalue weighted by Gasteiger charge is -2.07. The zero-order valence-corrected chi connectivity index (χ0v) is 14.8. The van der Waals surface area contributed by atoms with Crippen molar-refractivity contribution in [3.05, 3.63) is 54.9 Å². The van der Waals surface area contributed by atoms with E-state index in [1.54, 1.807) is 30.5 Å². The Hall–Kier alpha value is -3.04. The minimum atomic E-state index is -3.82. The fourth-order valence-electron chi connectivity index (χ4n) is 3.01. The van der Waals surface area contributed by atoms with Crippen molar-refractivity contribution < 1.29 is 8.42 Å². The van der Waals surface area contributed by atoms with E-state index in [0.717, 1.165) is 22.6 Å². The summed E-state index contributed by atoms with van der Waals surface area (Å²) in [6.07, 6.45) is 3.17. The Morgan fingerprint density at radius 1 is 1.00 bits per heavy atom. The van der Waals surface area contributed by atoms with Crippen LogP contribution in [0.4, 0.5) is 5.69 Å². The Morgan fingerprint density at radius 2 is 1.92 bits per heavy atom. The van der Waals surface area contributed by atoms with Gasteiger partial charge in [0.15, 0.2) is 0 Å². The molecule has 0 saturated carbocycles. The second-order valence-electron chi connectivity index (χ2n) is 5.76. The highest BCUT2D eigenvalue weighted by molar-refractivity contribution is 7.93. The molecular weight excluding hydrogens is 370 g/mol. The number of aromatic nitrogens is 4. The zero-order chi connectivity index (χ0) is 17.7. The summed E-state index contributed by atoms with van der Waals surface area (Å²) in [4.78, 5) is 7.60. The number of rotatable bonds is 3. The van der Waals surface area contributed by atoms with Gasteiger partial charge in [-0.3, -0.25) is 9.71 Å². The van der Waals surface area contributed by atoms with Crippen LogP contribution in [-0.4, -0.2) is 27.1 Å². The van der Waals surface area contributed by atoms with Crippen LogP contribution in [0.15, 0.2) is 59.8 Å². The van der Waals surface area contributed by atoms with Crippen molar-refractivity contribution in [3.8, 4) is 0 Å². The molecule has 0 fully saturated rings. The van der Waals surface area contributed by atoms with Gasteiger partial charge in [0.2, 0.25) is 0 Å². The molecular formula is C17H11N5O2S2. The molecule has 7 nitrogen and oxygen atoms in total. The van der Waals surface area contributed by atoms with E-state index in [2.05, 4.69) is 23.4 Å². The van der Waals surface area contributed by atoms with Gasteiger partial charge >= 0.3 is 0 Å². The molecule has 0 spiro atoms. The molecule has 2 N–H and O–H groups in total. The summed E-state index contributed by atoms with van der Waals surface area (Å²) < 4.78 is 36.9. The Morgan fingerprint density at radius 3 is 2.85 bits per heavy atom. The number of hydrogen-bond acceptors (Lipinski definition) is 6. The summed E-state index contributed by atoms with van der Waals surface area (Å²) in [5.41, 5.74) is 3.01. The van der Waals surface area contributed by atoms with Gasteiger partial charge in [-0.15, -0.1) is 0 Å². The Bertz CT molecular complexity index is 1390. The van der Waals surface area contributed by atoms with Crippen LogP contribution in [0, 0.1) is 0 Å². The predicted octanol–water partition coefficient (Wildman–Crippen LogP) is 3.52. The third-order valence-electron chi connectivity index (χ3n) is 4.21. The second kappa shape index (κ2) is 5.48. The van der Waals surface area contributed by atoms with Gasteiger partial charge in [0.1, 0.15) is 15.9 Å². The van der Waals surface area contributed by atoms with Gasteiger partial charge in [-0.25, -0.2) is 8.42 Å². The van der Waals surface area contributed by atoms with Gasteiger partial charge < -0.3 is 4.98 Å². The van der Waals surface area contributed by atoms with Crippen LogP contribution in [0.25, 0.3) is 32.8 Å². The molecule has 5 aromatic rings. The maximum Gasteiger partial charge on any atom is 0.264 e. The summed E-state index contributed by atoms with van der Waals surface area (Å²) in [6, 6.07) is 12.7. The lowest BCUT2D eigenvalue weighted by Crippen LogP contribution is -2.12. The van der Waals surface area contributed by atoms with Crippen LogP contribution in [0.1, 0.15) is 0 Å². The molecule has 0 amide bonds. The fraction of sp³-hybridized carbons (Fsp3) is 0. The minimum absolute atomic E-state index is 0.131. The van der Waals surface area contributed by atoms with Gasteiger partial charge in [0, 0.05) is 23.2 Å². The fourth-order valence-corrected chi connectivity index (χ4v) is 4.77. The zero-order valence-electron chi connectivity index (χ0n) is 13.2. The first-order valence-electron chi connectivity index (χ1n) is 7.72. The van der Waals surface area contributed by atoms with Crippen molar-refractivity contribution in [2.45, 2.75) is 4.90 Å². The number of nitrogens with zero attached hydrogens (tertiary/aromatic N) is 3. The number of hydrogen-bond donors (Lipinski definition) is 2. The van der Waals surface area contributed by atoms with Crippen LogP contribution in [0.5, 0.6) is 0 Å². The summed E-state index contributed by atoms with van der Waals surface area (Å²) >= 11 is 1.04. The van der Waals surface area contributed by atoms with Crippen LogP contribution in [0.2, 0.25) is 0 Å². The summed E-state index contributed by atoms with van der Waals surface area (Å²) in [6.45, 7) is 0. The van der Waals surface area contributed by atoms with Crippen LogP contribution >= 0.6 is 11.7 Å². The molecule has 0 bridgehead atoms. The van der Waals surface area contributed by atoms with Gasteiger partial charge in [-0.05, 0) is 18.2 Å². The van der Waals surface area contributed by atoms with E-state index in [9.17, 15) is 8.42 Å². The molecule has 26 heavy (non-hydrogen) atoms. The van der Waals surface area contributed by atoms with Crippen molar-refractivity contribution in [2.24, 2.45) is 0 Å². The molecule has 0 aliphatic heterocycles. The number of aromatic amines is 1. The number of nitrogens with one attached hydrogen (secondary N) is 2. The lowest BCUT2D eigenvalue weighted by atomic mass is 10.1. The van der Waals surface area contributed by atoms with E-state index in [-0.39, 0.29) is 4.90 Å². The standard InChI is InChI=1S/C17H11N5O2S2/c23-26(24,22-13-5-1-4-12-17(13)21-25-20-12)14-9-19-16-11(14)7-6-10-3-2-8-18-15(10)16/h1-9,18,22H. The Kier molecular flexibility index (Phi) is 3.21. The van der Waals surface area contributed by atoms with E-state index in [4.69, 9.17) is 0 Å². The van der Waals surface area contributed by atoms with Crippen LogP contribution in [-0.2, 0) is 10.0 Å². The lowest BCUT2D eigenvalue weighted by molar-refractivity contribution is 0.602. The Labute approximate surface area is 152 Å². The molecule has 0 aliphatic rings. The first-order valence-corrected chi connectivity index (χ1v) is 9.94. The van der Waals surface area contributed by atoms with Gasteiger partial charge in [-0.1, -0.05) is 24.3 Å². The highest BCUT2D eigenvalue weighted by Crippen LogP contribution is 2.30. The normalized spacial score (nSPS) is 12.2. The molecule has 3 aromatic heterocycles. The van der Waals surface area contributed by atoms with E-state index in [0.29, 0.717) is 27.6 Å². The number of benzene rings is 2. The highest BCUT2D eigenvalue weighted by atomic mass is 32.2. The van der Waals surface area contributed by atoms with Crippen molar-refractivity contribution in [3.63, 3.8) is 0 Å². The maximum absolute atomic E-state index is 13.0. The molecule has 0 unspecified atom stereocenters. The number of H-pyrrole nitrogens is 1. The minimum Gasteiger partial charge on any atom is -0.359 e. The highest BCUT2D eigenvalue weighted by Gasteiger charge is 2.22. The van der Waals surface area contributed by atoms with Gasteiger partial charge in [0.05, 0.1) is 28.4 Å².